The van der Waals surface area contributed by atoms with Crippen molar-refractivity contribution in [3.05, 3.63) is 29.3 Å². The van der Waals surface area contributed by atoms with E-state index in [2.05, 4.69) is 56.1 Å². The molecular formula is C18H29N3. The molecule has 1 aromatic carbocycles. The maximum Gasteiger partial charge on any atom is 0.101 e. The van der Waals surface area contributed by atoms with Crippen LogP contribution in [0.1, 0.15) is 51.7 Å². The van der Waals surface area contributed by atoms with E-state index in [-0.39, 0.29) is 0 Å². The van der Waals surface area contributed by atoms with Gasteiger partial charge in [-0.15, -0.1) is 0 Å². The molecule has 0 aromatic heterocycles. The summed E-state index contributed by atoms with van der Waals surface area (Å²) in [5.41, 5.74) is 3.04. The van der Waals surface area contributed by atoms with Gasteiger partial charge < -0.3 is 10.2 Å². The van der Waals surface area contributed by atoms with Crippen molar-refractivity contribution in [2.24, 2.45) is 5.92 Å². The molecule has 0 saturated heterocycles. The van der Waals surface area contributed by atoms with Gasteiger partial charge in [-0.05, 0) is 43.5 Å². The second-order valence-corrected chi connectivity index (χ2v) is 5.92. The van der Waals surface area contributed by atoms with Crippen LogP contribution in [-0.2, 0) is 6.54 Å². The van der Waals surface area contributed by atoms with Gasteiger partial charge in [-0.1, -0.05) is 33.3 Å². The zero-order valence-electron chi connectivity index (χ0n) is 13.9. The number of anilines is 1. The van der Waals surface area contributed by atoms with Gasteiger partial charge in [0.2, 0.25) is 0 Å². The van der Waals surface area contributed by atoms with E-state index in [0.717, 1.165) is 43.9 Å². The number of nitriles is 1. The monoisotopic (exact) mass is 287 g/mol. The minimum atomic E-state index is 0.643. The highest BCUT2D eigenvalue weighted by atomic mass is 15.1. The van der Waals surface area contributed by atoms with Crippen LogP contribution in [0.5, 0.6) is 0 Å². The number of nitrogens with zero attached hydrogens (tertiary/aromatic N) is 2. The van der Waals surface area contributed by atoms with Crippen molar-refractivity contribution in [3.8, 4) is 6.07 Å². The molecule has 0 spiro atoms. The second kappa shape index (κ2) is 9.41. The Morgan fingerprint density at radius 1 is 1.29 bits per heavy atom. The highest BCUT2D eigenvalue weighted by molar-refractivity contribution is 5.60. The van der Waals surface area contributed by atoms with Gasteiger partial charge in [-0.3, -0.25) is 0 Å². The highest BCUT2D eigenvalue weighted by Crippen LogP contribution is 2.22. The number of hydrogen-bond donors (Lipinski definition) is 1. The van der Waals surface area contributed by atoms with Gasteiger partial charge in [0, 0.05) is 19.6 Å². The summed E-state index contributed by atoms with van der Waals surface area (Å²) in [6.07, 6.45) is 2.34. The molecule has 0 aliphatic heterocycles. The molecule has 0 bridgehead atoms. The van der Waals surface area contributed by atoms with Crippen LogP contribution in [0.2, 0.25) is 0 Å². The number of hydrogen-bond acceptors (Lipinski definition) is 3. The van der Waals surface area contributed by atoms with Crippen LogP contribution >= 0.6 is 0 Å². The zero-order valence-corrected chi connectivity index (χ0v) is 13.9. The molecule has 3 heteroatoms. The molecule has 0 aliphatic rings. The molecule has 3 nitrogen and oxygen atoms in total. The van der Waals surface area contributed by atoms with E-state index in [9.17, 15) is 5.26 Å². The Bertz CT molecular complexity index is 460. The van der Waals surface area contributed by atoms with Crippen LogP contribution < -0.4 is 10.2 Å². The third-order valence-corrected chi connectivity index (χ3v) is 3.57. The van der Waals surface area contributed by atoms with Gasteiger partial charge in [0.1, 0.15) is 6.07 Å². The molecule has 0 fully saturated rings. The lowest BCUT2D eigenvalue weighted by Crippen LogP contribution is -2.25. The molecule has 0 heterocycles. The molecule has 0 amide bonds. The van der Waals surface area contributed by atoms with Crippen molar-refractivity contribution in [2.75, 3.05) is 24.5 Å². The fourth-order valence-electron chi connectivity index (χ4n) is 2.36. The van der Waals surface area contributed by atoms with Crippen LogP contribution in [0.4, 0.5) is 5.69 Å². The van der Waals surface area contributed by atoms with Crippen molar-refractivity contribution in [1.29, 1.82) is 5.26 Å². The molecular weight excluding hydrogens is 258 g/mol. The predicted molar refractivity (Wildman–Crippen MR) is 90.5 cm³/mol. The van der Waals surface area contributed by atoms with Gasteiger partial charge in [-0.2, -0.15) is 5.26 Å². The third kappa shape index (κ3) is 5.77. The zero-order chi connectivity index (χ0) is 15.7. The Hall–Kier alpha value is -1.53. The molecule has 1 aromatic rings. The summed E-state index contributed by atoms with van der Waals surface area (Å²) in [4.78, 5) is 2.30. The number of unbranched alkanes of at least 4 members (excludes halogenated alkanes) is 1. The van der Waals surface area contributed by atoms with Crippen molar-refractivity contribution < 1.29 is 0 Å². The summed E-state index contributed by atoms with van der Waals surface area (Å²) < 4.78 is 0. The van der Waals surface area contributed by atoms with Gasteiger partial charge in [0.25, 0.3) is 0 Å². The fraction of sp³-hybridized carbons (Fsp3) is 0.611. The molecule has 116 valence electrons. The third-order valence-electron chi connectivity index (χ3n) is 3.57. The van der Waals surface area contributed by atoms with E-state index in [4.69, 9.17) is 0 Å². The first-order chi connectivity index (χ1) is 10.1. The lowest BCUT2D eigenvalue weighted by Gasteiger charge is -2.24. The Balaban J connectivity index is 2.80. The van der Waals surface area contributed by atoms with E-state index < -0.39 is 0 Å². The minimum Gasteiger partial charge on any atom is -0.371 e. The summed E-state index contributed by atoms with van der Waals surface area (Å²) in [5.74, 6) is 0.643. The maximum atomic E-state index is 9.43. The van der Waals surface area contributed by atoms with Crippen LogP contribution in [0.3, 0.4) is 0 Å². The van der Waals surface area contributed by atoms with Crippen molar-refractivity contribution >= 4 is 5.69 Å². The fourth-order valence-corrected chi connectivity index (χ4v) is 2.36. The topological polar surface area (TPSA) is 39.1 Å². The Morgan fingerprint density at radius 3 is 2.62 bits per heavy atom. The van der Waals surface area contributed by atoms with Gasteiger partial charge in [-0.25, -0.2) is 0 Å². The summed E-state index contributed by atoms with van der Waals surface area (Å²) in [7, 11) is 0. The molecule has 21 heavy (non-hydrogen) atoms. The molecule has 0 aliphatic carbocycles. The largest absolute Gasteiger partial charge is 0.371 e. The Kier molecular flexibility index (Phi) is 7.85. The first kappa shape index (κ1) is 17.5. The van der Waals surface area contributed by atoms with Crippen LogP contribution in [0, 0.1) is 17.2 Å². The highest BCUT2D eigenvalue weighted by Gasteiger charge is 2.10. The van der Waals surface area contributed by atoms with E-state index >= 15 is 0 Å². The molecule has 0 saturated carbocycles. The van der Waals surface area contributed by atoms with Crippen LogP contribution in [-0.4, -0.2) is 19.6 Å². The van der Waals surface area contributed by atoms with Gasteiger partial charge in [0.15, 0.2) is 0 Å². The average molecular weight is 287 g/mol. The Morgan fingerprint density at radius 2 is 2.05 bits per heavy atom. The molecule has 0 unspecified atom stereocenters. The summed E-state index contributed by atoms with van der Waals surface area (Å²) in [6.45, 7) is 12.5. The normalized spacial score (nSPS) is 10.7. The summed E-state index contributed by atoms with van der Waals surface area (Å²) >= 11 is 0. The van der Waals surface area contributed by atoms with E-state index in [1.807, 2.05) is 6.07 Å². The smallest absolute Gasteiger partial charge is 0.101 e. The summed E-state index contributed by atoms with van der Waals surface area (Å²) in [6, 6.07) is 8.62. The predicted octanol–water partition coefficient (Wildman–Crippen LogP) is 3.93. The van der Waals surface area contributed by atoms with Crippen molar-refractivity contribution in [3.63, 3.8) is 0 Å². The quantitative estimate of drug-likeness (QED) is 0.748. The van der Waals surface area contributed by atoms with Crippen molar-refractivity contribution in [1.82, 2.24) is 5.32 Å². The summed E-state index contributed by atoms with van der Waals surface area (Å²) in [5, 5.41) is 12.9. The minimum absolute atomic E-state index is 0.643. The molecule has 0 atom stereocenters. The Labute approximate surface area is 130 Å². The average Bonchev–Trinajstić information content (AvgIpc) is 2.48. The van der Waals surface area contributed by atoms with Crippen LogP contribution in [0.15, 0.2) is 18.2 Å². The number of benzene rings is 1. The molecule has 0 radical (unpaired) electrons. The van der Waals surface area contributed by atoms with E-state index in [0.29, 0.717) is 5.92 Å². The maximum absolute atomic E-state index is 9.43. The first-order valence-electron chi connectivity index (χ1n) is 8.11. The lowest BCUT2D eigenvalue weighted by atomic mass is 10.1. The van der Waals surface area contributed by atoms with Gasteiger partial charge in [0.05, 0.1) is 11.3 Å². The lowest BCUT2D eigenvalue weighted by molar-refractivity contribution is 0.552. The SMILES string of the molecule is CCCCN(CC)c1ccc(CNCC(C)C)cc1C#N. The van der Waals surface area contributed by atoms with E-state index in [1.54, 1.807) is 0 Å². The van der Waals surface area contributed by atoms with Gasteiger partial charge >= 0.3 is 0 Å². The van der Waals surface area contributed by atoms with Crippen molar-refractivity contribution in [2.45, 2.75) is 47.1 Å². The molecule has 1 rings (SSSR count). The second-order valence-electron chi connectivity index (χ2n) is 5.92. The first-order valence-corrected chi connectivity index (χ1v) is 8.11. The van der Waals surface area contributed by atoms with Crippen LogP contribution in [0.25, 0.3) is 0 Å². The van der Waals surface area contributed by atoms with E-state index in [1.165, 1.54) is 12.0 Å². The standard InChI is InChI=1S/C18H29N3/c1-5-7-10-21(6-2)18-9-8-16(11-17(18)12-19)14-20-13-15(3)4/h8-9,11,15,20H,5-7,10,13-14H2,1-4H3. The molecule has 1 N–H and O–H groups in total. The number of nitrogens with one attached hydrogen (secondary N) is 1. The number of rotatable bonds is 9.